The highest BCUT2D eigenvalue weighted by Crippen LogP contribution is 2.50. The summed E-state index contributed by atoms with van der Waals surface area (Å²) < 4.78 is 5.77. The summed E-state index contributed by atoms with van der Waals surface area (Å²) in [5, 5.41) is 17.5. The number of esters is 1. The van der Waals surface area contributed by atoms with Crippen LogP contribution in [0.5, 0.6) is 0 Å². The first-order valence-electron chi connectivity index (χ1n) is 19.6. The maximum Gasteiger partial charge on any atom is 0.335 e. The molecule has 0 aliphatic carbocycles. The van der Waals surface area contributed by atoms with E-state index in [4.69, 9.17) is 16.2 Å². The van der Waals surface area contributed by atoms with Gasteiger partial charge < -0.3 is 37.3 Å². The van der Waals surface area contributed by atoms with E-state index in [0.717, 1.165) is 10.5 Å². The molecule has 59 heavy (non-hydrogen) atoms. The number of amides is 6. The van der Waals surface area contributed by atoms with Crippen LogP contribution in [0.25, 0.3) is 0 Å². The van der Waals surface area contributed by atoms with Crippen LogP contribution in [0.3, 0.4) is 0 Å². The van der Waals surface area contributed by atoms with Crippen LogP contribution in [0.15, 0.2) is 78.9 Å². The van der Waals surface area contributed by atoms with E-state index in [2.05, 4.69) is 16.0 Å². The fourth-order valence-electron chi connectivity index (χ4n) is 8.04. The number of hydrogen-bond acceptors (Lipinski definition) is 9. The molecule has 6 atom stereocenters. The van der Waals surface area contributed by atoms with Gasteiger partial charge in [-0.15, -0.1) is 0 Å². The van der Waals surface area contributed by atoms with Crippen LogP contribution in [0.1, 0.15) is 76.2 Å². The Labute approximate surface area is 344 Å². The zero-order valence-corrected chi connectivity index (χ0v) is 34.5. The maximum absolute atomic E-state index is 14.4. The van der Waals surface area contributed by atoms with E-state index in [9.17, 15) is 38.7 Å². The summed E-state index contributed by atoms with van der Waals surface area (Å²) >= 11 is 0. The van der Waals surface area contributed by atoms with Crippen LogP contribution < -0.4 is 32.3 Å². The van der Waals surface area contributed by atoms with Crippen molar-refractivity contribution in [1.82, 2.24) is 5.32 Å². The number of nitrogens with one attached hydrogen (secondary N) is 3. The highest BCUT2D eigenvalue weighted by atomic mass is 16.5. The van der Waals surface area contributed by atoms with Crippen LogP contribution in [-0.2, 0) is 28.7 Å². The third-order valence-electron chi connectivity index (χ3n) is 11.6. The van der Waals surface area contributed by atoms with Crippen LogP contribution in [-0.4, -0.2) is 66.4 Å². The number of anilines is 3. The fourth-order valence-corrected chi connectivity index (χ4v) is 8.04. The van der Waals surface area contributed by atoms with Gasteiger partial charge in [0.1, 0.15) is 6.61 Å². The molecule has 0 aromatic heterocycles. The number of carbonyl (C=O) groups excluding carboxylic acids is 6. The number of carboxylic acids is 1. The molecule has 6 amide bonds. The van der Waals surface area contributed by atoms with Crippen molar-refractivity contribution >= 4 is 58.7 Å². The molecule has 1 heterocycles. The molecule has 15 heteroatoms. The van der Waals surface area contributed by atoms with E-state index in [1.807, 2.05) is 26.0 Å². The Kier molecular flexibility index (Phi) is 14.8. The lowest BCUT2D eigenvalue weighted by molar-refractivity contribution is -0.161. The van der Waals surface area contributed by atoms with Gasteiger partial charge in [0.05, 0.1) is 34.5 Å². The van der Waals surface area contributed by atoms with Crippen molar-refractivity contribution < 1.29 is 43.4 Å². The summed E-state index contributed by atoms with van der Waals surface area (Å²) in [6.45, 7) is 9.86. The number of para-hydroxylation sites is 1. The monoisotopic (exact) mass is 812 g/mol. The van der Waals surface area contributed by atoms with E-state index in [1.165, 1.54) is 31.2 Å². The SMILES string of the molecule is CCC(C)(CC(CN)CC(C)(CC(C)(C(N)=O)C1C(=O)N(c2ccccc2)C(=O)C1C)C(=O)OCCNC(=O)Nc1ccc(C)cc1)C(=O)Nc1ccc(C(=O)O)cc1. The molecule has 1 fully saturated rings. The fraction of sp³-hybridized carbons (Fsp3) is 0.432. The number of rotatable bonds is 19. The molecule has 8 N–H and O–H groups in total. The molecule has 3 aromatic rings. The van der Waals surface area contributed by atoms with Crippen LogP contribution >= 0.6 is 0 Å². The summed E-state index contributed by atoms with van der Waals surface area (Å²) in [6.07, 6.45) is 0.238. The van der Waals surface area contributed by atoms with Crippen molar-refractivity contribution in [2.24, 2.45) is 45.5 Å². The van der Waals surface area contributed by atoms with Crippen molar-refractivity contribution in [2.75, 3.05) is 35.2 Å². The van der Waals surface area contributed by atoms with Crippen LogP contribution in [0.2, 0.25) is 0 Å². The van der Waals surface area contributed by atoms with Gasteiger partial charge in [0, 0.05) is 22.7 Å². The molecule has 1 saturated heterocycles. The lowest BCUT2D eigenvalue weighted by Gasteiger charge is -2.42. The zero-order valence-electron chi connectivity index (χ0n) is 34.5. The number of aryl methyl sites for hydroxylation is 1. The lowest BCUT2D eigenvalue weighted by Crippen LogP contribution is -2.51. The predicted molar refractivity (Wildman–Crippen MR) is 223 cm³/mol. The summed E-state index contributed by atoms with van der Waals surface area (Å²) in [5.74, 6) is -6.98. The first-order chi connectivity index (χ1) is 27.8. The Morgan fingerprint density at radius 1 is 0.847 bits per heavy atom. The second-order valence-electron chi connectivity index (χ2n) is 16.3. The number of carboxylic acid groups (broad SMARTS) is 1. The molecule has 0 radical (unpaired) electrons. The predicted octanol–water partition coefficient (Wildman–Crippen LogP) is 5.48. The summed E-state index contributed by atoms with van der Waals surface area (Å²) in [7, 11) is 0. The number of imide groups is 1. The summed E-state index contributed by atoms with van der Waals surface area (Å²) in [6, 6.07) is 20.7. The topological polar surface area (TPSA) is 240 Å². The summed E-state index contributed by atoms with van der Waals surface area (Å²) in [5.41, 5.74) is 10.5. The minimum Gasteiger partial charge on any atom is -0.478 e. The Balaban J connectivity index is 1.61. The molecule has 0 saturated carbocycles. The first kappa shape index (κ1) is 45.6. The molecule has 0 bridgehead atoms. The Morgan fingerprint density at radius 3 is 1.98 bits per heavy atom. The molecule has 4 rings (SSSR count). The summed E-state index contributed by atoms with van der Waals surface area (Å²) in [4.78, 5) is 94.6. The molecule has 6 unspecified atom stereocenters. The maximum atomic E-state index is 14.4. The average molecular weight is 813 g/mol. The van der Waals surface area contributed by atoms with E-state index in [0.29, 0.717) is 23.5 Å². The van der Waals surface area contributed by atoms with Gasteiger partial charge in [-0.2, -0.15) is 0 Å². The largest absolute Gasteiger partial charge is 0.478 e. The molecular formula is C44H56N6O9. The number of nitrogens with two attached hydrogens (primary N) is 2. The van der Waals surface area contributed by atoms with Gasteiger partial charge in [-0.1, -0.05) is 56.7 Å². The second kappa shape index (κ2) is 19.1. The smallest absolute Gasteiger partial charge is 0.335 e. The number of primary amides is 1. The number of carbonyl (C=O) groups is 7. The lowest BCUT2D eigenvalue weighted by atomic mass is 9.60. The van der Waals surface area contributed by atoms with Gasteiger partial charge in [-0.05, 0) is 107 Å². The van der Waals surface area contributed by atoms with E-state index in [1.54, 1.807) is 63.2 Å². The minimum atomic E-state index is -1.75. The third-order valence-corrected chi connectivity index (χ3v) is 11.6. The zero-order chi connectivity index (χ0) is 43.7. The van der Waals surface area contributed by atoms with Crippen LogP contribution in [0, 0.1) is 40.9 Å². The van der Waals surface area contributed by atoms with Gasteiger partial charge >= 0.3 is 18.0 Å². The normalized spacial score (nSPS) is 18.7. The number of aromatic carboxylic acids is 1. The van der Waals surface area contributed by atoms with Crippen molar-refractivity contribution in [3.8, 4) is 0 Å². The highest BCUT2D eigenvalue weighted by molar-refractivity contribution is 6.23. The van der Waals surface area contributed by atoms with Crippen molar-refractivity contribution in [1.29, 1.82) is 0 Å². The Hall–Kier alpha value is -6.09. The standard InChI is InChI=1S/C44H56N6O9/c1-7-42(4,39(56)48-31-19-15-30(16-20-31)37(53)54)23-29(25-45)24-43(5,40(57)59-22-21-47-41(58)49-32-17-13-27(2)14-18-32)26-44(6,38(46)55)34-28(3)35(51)50(36(34)52)33-11-9-8-10-12-33/h8-20,28-29,34H,7,21-26,45H2,1-6H3,(H2,46,55)(H,48,56)(H,53,54)(H2,47,49,58). The van der Waals surface area contributed by atoms with Gasteiger partial charge in [-0.3, -0.25) is 28.9 Å². The second-order valence-corrected chi connectivity index (χ2v) is 16.3. The van der Waals surface area contributed by atoms with Crippen molar-refractivity contribution in [3.63, 3.8) is 0 Å². The van der Waals surface area contributed by atoms with E-state index >= 15 is 0 Å². The molecule has 3 aromatic carbocycles. The highest BCUT2D eigenvalue weighted by Gasteiger charge is 2.59. The first-order valence-corrected chi connectivity index (χ1v) is 19.6. The number of benzene rings is 3. The van der Waals surface area contributed by atoms with Gasteiger partial charge in [-0.25, -0.2) is 9.59 Å². The quantitative estimate of drug-likeness (QED) is 0.0506. The van der Waals surface area contributed by atoms with E-state index < -0.39 is 69.7 Å². The number of urea groups is 1. The van der Waals surface area contributed by atoms with Crippen LogP contribution in [0.4, 0.5) is 21.9 Å². The van der Waals surface area contributed by atoms with Gasteiger partial charge in [0.25, 0.3) is 0 Å². The van der Waals surface area contributed by atoms with Crippen molar-refractivity contribution in [2.45, 2.75) is 67.2 Å². The van der Waals surface area contributed by atoms with Gasteiger partial charge in [0.2, 0.25) is 23.6 Å². The Morgan fingerprint density at radius 2 is 1.42 bits per heavy atom. The number of hydrogen-bond donors (Lipinski definition) is 6. The molecule has 1 aliphatic rings. The number of ether oxygens (including phenoxy) is 1. The van der Waals surface area contributed by atoms with Gasteiger partial charge in [0.15, 0.2) is 0 Å². The molecule has 316 valence electrons. The molecular weight excluding hydrogens is 757 g/mol. The molecule has 1 aliphatic heterocycles. The molecule has 0 spiro atoms. The minimum absolute atomic E-state index is 0.00560. The van der Waals surface area contributed by atoms with Crippen molar-refractivity contribution in [3.05, 3.63) is 90.0 Å². The average Bonchev–Trinajstić information content (AvgIpc) is 3.43. The van der Waals surface area contributed by atoms with E-state index in [-0.39, 0.29) is 50.4 Å². The number of nitrogens with zero attached hydrogens (tertiary/aromatic N) is 1. The molecule has 15 nitrogen and oxygen atoms in total. The Bertz CT molecular complexity index is 2030. The third kappa shape index (κ3) is 10.7.